The van der Waals surface area contributed by atoms with E-state index in [-0.39, 0.29) is 4.47 Å². The van der Waals surface area contributed by atoms with Gasteiger partial charge < -0.3 is 0 Å². The number of benzene rings is 1. The first kappa shape index (κ1) is 18.2. The Balaban J connectivity index is 3.47. The van der Waals surface area contributed by atoms with E-state index >= 15 is 0 Å². The van der Waals surface area contributed by atoms with Crippen molar-refractivity contribution < 1.29 is 13.6 Å². The van der Waals surface area contributed by atoms with Crippen LogP contribution < -0.4 is 0 Å². The molecule has 0 aliphatic rings. The van der Waals surface area contributed by atoms with Crippen LogP contribution in [-0.2, 0) is 0 Å². The van der Waals surface area contributed by atoms with Gasteiger partial charge in [0.1, 0.15) is 5.82 Å². The van der Waals surface area contributed by atoms with Gasteiger partial charge in [-0.3, -0.25) is 9.69 Å². The maximum absolute atomic E-state index is 14.3. The molecule has 0 aliphatic heterocycles. The van der Waals surface area contributed by atoms with E-state index in [0.29, 0.717) is 25.9 Å². The van der Waals surface area contributed by atoms with Gasteiger partial charge >= 0.3 is 0 Å². The van der Waals surface area contributed by atoms with Gasteiger partial charge in [-0.2, -0.15) is 0 Å². The zero-order valence-electron chi connectivity index (χ0n) is 13.0. The molecule has 0 fully saturated rings. The van der Waals surface area contributed by atoms with Crippen molar-refractivity contribution in [2.24, 2.45) is 0 Å². The molecule has 5 heteroatoms. The summed E-state index contributed by atoms with van der Waals surface area (Å²) in [7, 11) is 0. The van der Waals surface area contributed by atoms with Crippen LogP contribution in [0.2, 0.25) is 0 Å². The molecule has 21 heavy (non-hydrogen) atoms. The van der Waals surface area contributed by atoms with Crippen molar-refractivity contribution in [2.45, 2.75) is 46.1 Å². The highest BCUT2D eigenvalue weighted by atomic mass is 79.9. The second-order valence-corrected chi connectivity index (χ2v) is 5.81. The maximum Gasteiger partial charge on any atom is 0.188 e. The fraction of sp³-hybridized carbons (Fsp3) is 0.562. The number of hydrogen-bond donors (Lipinski definition) is 0. The number of carbonyl (C=O) groups is 1. The van der Waals surface area contributed by atoms with Gasteiger partial charge in [-0.25, -0.2) is 8.78 Å². The van der Waals surface area contributed by atoms with Gasteiger partial charge in [0.15, 0.2) is 11.6 Å². The van der Waals surface area contributed by atoms with Gasteiger partial charge in [0, 0.05) is 0 Å². The van der Waals surface area contributed by atoms with E-state index in [1.165, 1.54) is 6.07 Å². The Morgan fingerprint density at radius 2 is 1.67 bits per heavy atom. The molecular formula is C16H22BrF2NO. The summed E-state index contributed by atoms with van der Waals surface area (Å²) < 4.78 is 28.4. The van der Waals surface area contributed by atoms with Crippen LogP contribution in [0.15, 0.2) is 16.6 Å². The lowest BCUT2D eigenvalue weighted by atomic mass is 9.82. The van der Waals surface area contributed by atoms with E-state index in [4.69, 9.17) is 0 Å². The smallest absolute Gasteiger partial charge is 0.188 e. The molecule has 0 heterocycles. The average molecular weight is 362 g/mol. The van der Waals surface area contributed by atoms with Crippen molar-refractivity contribution in [3.8, 4) is 0 Å². The van der Waals surface area contributed by atoms with Gasteiger partial charge in [-0.15, -0.1) is 0 Å². The zero-order valence-corrected chi connectivity index (χ0v) is 14.6. The Morgan fingerprint density at radius 3 is 2.10 bits per heavy atom. The molecule has 0 aliphatic carbocycles. The number of Topliss-reactive ketones (excluding diaryl/α,β-unsaturated/α-hetero) is 1. The third-order valence-corrected chi connectivity index (χ3v) is 4.84. The van der Waals surface area contributed by atoms with Crippen LogP contribution in [0.25, 0.3) is 0 Å². The summed E-state index contributed by atoms with van der Waals surface area (Å²) in [4.78, 5) is 14.9. The monoisotopic (exact) mass is 361 g/mol. The molecular weight excluding hydrogens is 340 g/mol. The molecule has 0 bridgehead atoms. The highest BCUT2D eigenvalue weighted by Gasteiger charge is 2.42. The fourth-order valence-electron chi connectivity index (χ4n) is 2.96. The van der Waals surface area contributed by atoms with E-state index in [2.05, 4.69) is 15.9 Å². The molecule has 118 valence electrons. The molecule has 0 radical (unpaired) electrons. The van der Waals surface area contributed by atoms with Crippen molar-refractivity contribution >= 4 is 21.7 Å². The number of hydrogen-bond acceptors (Lipinski definition) is 2. The molecule has 2 nitrogen and oxygen atoms in total. The molecule has 0 unspecified atom stereocenters. The summed E-state index contributed by atoms with van der Waals surface area (Å²) in [6.07, 6.45) is 1.02. The minimum atomic E-state index is -0.869. The fourth-order valence-corrected chi connectivity index (χ4v) is 3.29. The number of ketones is 1. The van der Waals surface area contributed by atoms with Gasteiger partial charge in [0.05, 0.1) is 15.6 Å². The Labute approximate surface area is 133 Å². The third-order valence-electron chi connectivity index (χ3n) is 4.23. The van der Waals surface area contributed by atoms with Crippen LogP contribution in [-0.4, -0.2) is 29.3 Å². The molecule has 1 aromatic carbocycles. The molecule has 0 aromatic heterocycles. The molecule has 0 spiro atoms. The molecule has 0 saturated heterocycles. The second-order valence-electron chi connectivity index (χ2n) is 4.96. The number of likely N-dealkylation sites (N-methyl/N-ethyl adjacent to an activating group) is 1. The number of rotatable bonds is 7. The Hall–Kier alpha value is -0.810. The van der Waals surface area contributed by atoms with Gasteiger partial charge in [-0.1, -0.05) is 27.7 Å². The minimum absolute atomic E-state index is 0.105. The number of carbonyl (C=O) groups excluding carboxylic acids is 1. The summed E-state index contributed by atoms with van der Waals surface area (Å²) >= 11 is 3.02. The van der Waals surface area contributed by atoms with Gasteiger partial charge in [0.2, 0.25) is 0 Å². The van der Waals surface area contributed by atoms with Crippen molar-refractivity contribution in [1.29, 1.82) is 0 Å². The van der Waals surface area contributed by atoms with Gasteiger partial charge in [-0.05, 0) is 54.0 Å². The highest BCUT2D eigenvalue weighted by molar-refractivity contribution is 9.10. The predicted octanol–water partition coefficient (Wildman–Crippen LogP) is 4.81. The maximum atomic E-state index is 14.3. The molecule has 0 saturated carbocycles. The van der Waals surface area contributed by atoms with Crippen molar-refractivity contribution in [2.75, 3.05) is 13.1 Å². The Kier molecular flexibility index (Phi) is 6.47. The van der Waals surface area contributed by atoms with Crippen LogP contribution in [0.5, 0.6) is 0 Å². The van der Waals surface area contributed by atoms with E-state index in [0.717, 1.165) is 6.07 Å². The lowest BCUT2D eigenvalue weighted by Gasteiger charge is -2.41. The highest BCUT2D eigenvalue weighted by Crippen LogP contribution is 2.32. The summed E-state index contributed by atoms with van der Waals surface area (Å²) in [6.45, 7) is 8.97. The third kappa shape index (κ3) is 3.19. The van der Waals surface area contributed by atoms with E-state index < -0.39 is 28.5 Å². The lowest BCUT2D eigenvalue weighted by molar-refractivity contribution is 0.0526. The van der Waals surface area contributed by atoms with Crippen LogP contribution in [0.3, 0.4) is 0 Å². The quantitative estimate of drug-likeness (QED) is 0.513. The van der Waals surface area contributed by atoms with Crippen LogP contribution in [0, 0.1) is 11.6 Å². The first-order valence-corrected chi connectivity index (χ1v) is 8.12. The molecule has 1 rings (SSSR count). The molecule has 1 aromatic rings. The van der Waals surface area contributed by atoms with E-state index in [1.54, 1.807) is 0 Å². The normalized spacial score (nSPS) is 12.0. The largest absolute Gasteiger partial charge is 0.292 e. The van der Waals surface area contributed by atoms with Crippen molar-refractivity contribution in [3.05, 3.63) is 33.8 Å². The van der Waals surface area contributed by atoms with Crippen molar-refractivity contribution in [1.82, 2.24) is 4.90 Å². The van der Waals surface area contributed by atoms with E-state index in [1.807, 2.05) is 32.6 Å². The first-order chi connectivity index (χ1) is 9.89. The summed E-state index contributed by atoms with van der Waals surface area (Å²) in [5.41, 5.74) is -1.31. The summed E-state index contributed by atoms with van der Waals surface area (Å²) in [5.74, 6) is -2.11. The summed E-state index contributed by atoms with van der Waals surface area (Å²) in [5, 5.41) is 0. The molecule has 0 N–H and O–H groups in total. The average Bonchev–Trinajstić information content (AvgIpc) is 2.49. The Morgan fingerprint density at radius 1 is 1.14 bits per heavy atom. The van der Waals surface area contributed by atoms with E-state index in [9.17, 15) is 13.6 Å². The van der Waals surface area contributed by atoms with Crippen LogP contribution in [0.4, 0.5) is 8.78 Å². The minimum Gasteiger partial charge on any atom is -0.292 e. The molecule has 0 amide bonds. The topological polar surface area (TPSA) is 20.3 Å². The van der Waals surface area contributed by atoms with Crippen molar-refractivity contribution in [3.63, 3.8) is 0 Å². The SMILES string of the molecule is CCN(CC)C(CC)(CC)C(=O)c1c(F)ccc(Br)c1F. The van der Waals surface area contributed by atoms with Crippen LogP contribution in [0.1, 0.15) is 50.9 Å². The Bertz CT molecular complexity index is 511. The molecule has 0 atom stereocenters. The standard InChI is InChI=1S/C16H22BrF2NO/c1-5-16(6-2,20(7-3)8-4)15(21)13-12(18)10-9-11(17)14(13)19/h9-10H,5-8H2,1-4H3. The van der Waals surface area contributed by atoms with Crippen LogP contribution >= 0.6 is 15.9 Å². The lowest BCUT2D eigenvalue weighted by Crippen LogP contribution is -2.54. The zero-order chi connectivity index (χ0) is 16.2. The summed E-state index contributed by atoms with van der Waals surface area (Å²) in [6, 6.07) is 2.40. The number of nitrogens with zero attached hydrogens (tertiary/aromatic N) is 1. The first-order valence-electron chi connectivity index (χ1n) is 7.32. The number of halogens is 3. The second kappa shape index (κ2) is 7.45. The van der Waals surface area contributed by atoms with Gasteiger partial charge in [0.25, 0.3) is 0 Å². The predicted molar refractivity (Wildman–Crippen MR) is 84.6 cm³/mol.